The SMILES string of the molecule is CC[Si](CC)(CC)Oc1cccc2cccnc12. The van der Waals surface area contributed by atoms with Crippen LogP contribution in [-0.4, -0.2) is 13.3 Å². The van der Waals surface area contributed by atoms with E-state index in [0.717, 1.165) is 34.8 Å². The van der Waals surface area contributed by atoms with E-state index in [1.165, 1.54) is 0 Å². The highest BCUT2D eigenvalue weighted by Crippen LogP contribution is 2.30. The number of pyridine rings is 1. The number of nitrogens with zero attached hydrogens (tertiary/aromatic N) is 1. The van der Waals surface area contributed by atoms with Gasteiger partial charge in [0.15, 0.2) is 0 Å². The monoisotopic (exact) mass is 259 g/mol. The maximum atomic E-state index is 6.44. The number of hydrogen-bond acceptors (Lipinski definition) is 2. The van der Waals surface area contributed by atoms with Gasteiger partial charge < -0.3 is 4.43 Å². The van der Waals surface area contributed by atoms with Crippen molar-refractivity contribution in [2.75, 3.05) is 0 Å². The fourth-order valence-electron chi connectivity index (χ4n) is 2.36. The van der Waals surface area contributed by atoms with E-state index in [4.69, 9.17) is 4.43 Å². The quantitative estimate of drug-likeness (QED) is 0.731. The van der Waals surface area contributed by atoms with Gasteiger partial charge in [0, 0.05) is 11.6 Å². The first-order valence-electron chi connectivity index (χ1n) is 6.77. The van der Waals surface area contributed by atoms with E-state index in [0.29, 0.717) is 0 Å². The Balaban J connectivity index is 2.42. The molecular formula is C15H21NOSi. The molecule has 0 fully saturated rings. The number of fused-ring (bicyclic) bond motifs is 1. The molecule has 0 bridgehead atoms. The number of hydrogen-bond donors (Lipinski definition) is 0. The first kappa shape index (κ1) is 13.1. The molecule has 0 aliphatic carbocycles. The molecule has 96 valence electrons. The van der Waals surface area contributed by atoms with Crippen LogP contribution in [0.3, 0.4) is 0 Å². The zero-order chi connectivity index (χ0) is 13.0. The van der Waals surface area contributed by atoms with Gasteiger partial charge in [0.25, 0.3) is 8.32 Å². The molecule has 2 nitrogen and oxygen atoms in total. The van der Waals surface area contributed by atoms with Gasteiger partial charge in [0.1, 0.15) is 11.3 Å². The van der Waals surface area contributed by atoms with Crippen LogP contribution in [0.2, 0.25) is 18.1 Å². The Labute approximate surface area is 110 Å². The average Bonchev–Trinajstić information content (AvgIpc) is 2.45. The fraction of sp³-hybridized carbons (Fsp3) is 0.400. The van der Waals surface area contributed by atoms with Gasteiger partial charge in [-0.05, 0) is 30.3 Å². The molecule has 0 unspecified atom stereocenters. The van der Waals surface area contributed by atoms with E-state index in [2.05, 4.69) is 50.0 Å². The van der Waals surface area contributed by atoms with Gasteiger partial charge in [-0.15, -0.1) is 0 Å². The number of aromatic nitrogens is 1. The molecule has 0 N–H and O–H groups in total. The Bertz CT molecular complexity index is 509. The molecule has 2 rings (SSSR count). The molecule has 0 radical (unpaired) electrons. The minimum Gasteiger partial charge on any atom is -0.542 e. The summed E-state index contributed by atoms with van der Waals surface area (Å²) in [5.41, 5.74) is 0.993. The minimum absolute atomic E-state index is 0.963. The van der Waals surface area contributed by atoms with Gasteiger partial charge in [-0.25, -0.2) is 0 Å². The number of rotatable bonds is 5. The fourth-order valence-corrected chi connectivity index (χ4v) is 4.92. The summed E-state index contributed by atoms with van der Waals surface area (Å²) in [6, 6.07) is 13.7. The standard InChI is InChI=1S/C15H21NOSi/c1-4-18(5-2,6-3)17-14-11-7-9-13-10-8-12-16-15(13)14/h7-12H,4-6H2,1-3H3. The molecule has 0 saturated heterocycles. The van der Waals surface area contributed by atoms with E-state index in [9.17, 15) is 0 Å². The molecule has 1 heterocycles. The lowest BCUT2D eigenvalue weighted by atomic mass is 10.2. The van der Waals surface area contributed by atoms with Gasteiger partial charge in [-0.2, -0.15) is 0 Å². The summed E-state index contributed by atoms with van der Waals surface area (Å²) < 4.78 is 6.44. The maximum absolute atomic E-state index is 6.44. The van der Waals surface area contributed by atoms with Crippen molar-refractivity contribution in [1.82, 2.24) is 4.98 Å². The Morgan fingerprint density at radius 1 is 1.00 bits per heavy atom. The van der Waals surface area contributed by atoms with Crippen molar-refractivity contribution in [2.24, 2.45) is 0 Å². The summed E-state index contributed by atoms with van der Waals surface area (Å²) >= 11 is 0. The molecule has 0 amide bonds. The Hall–Kier alpha value is -1.35. The van der Waals surface area contributed by atoms with Crippen molar-refractivity contribution in [3.05, 3.63) is 36.5 Å². The molecule has 0 aliphatic rings. The van der Waals surface area contributed by atoms with Crippen LogP contribution >= 0.6 is 0 Å². The summed E-state index contributed by atoms with van der Waals surface area (Å²) in [5, 5.41) is 1.15. The lowest BCUT2D eigenvalue weighted by Crippen LogP contribution is -2.39. The van der Waals surface area contributed by atoms with Crippen molar-refractivity contribution < 1.29 is 4.43 Å². The first-order chi connectivity index (χ1) is 8.74. The summed E-state index contributed by atoms with van der Waals surface area (Å²) in [7, 11) is -1.62. The molecule has 1 aromatic heterocycles. The lowest BCUT2D eigenvalue weighted by Gasteiger charge is -2.29. The molecule has 18 heavy (non-hydrogen) atoms. The van der Waals surface area contributed by atoms with Gasteiger partial charge in [-0.3, -0.25) is 4.98 Å². The third-order valence-corrected chi connectivity index (χ3v) is 8.37. The van der Waals surface area contributed by atoms with Gasteiger partial charge in [-0.1, -0.05) is 39.0 Å². The molecule has 0 aliphatic heterocycles. The third kappa shape index (κ3) is 2.41. The number of para-hydroxylation sites is 1. The largest absolute Gasteiger partial charge is 0.542 e. The van der Waals surface area contributed by atoms with Crippen LogP contribution in [0.1, 0.15) is 20.8 Å². The van der Waals surface area contributed by atoms with E-state index in [1.54, 1.807) is 0 Å². The zero-order valence-corrected chi connectivity index (χ0v) is 12.4. The van der Waals surface area contributed by atoms with Crippen LogP contribution in [0.15, 0.2) is 36.5 Å². The van der Waals surface area contributed by atoms with Crippen molar-refractivity contribution in [3.8, 4) is 5.75 Å². The van der Waals surface area contributed by atoms with Gasteiger partial charge in [0.05, 0.1) is 0 Å². The third-order valence-electron chi connectivity index (χ3n) is 3.86. The first-order valence-corrected chi connectivity index (χ1v) is 9.30. The van der Waals surface area contributed by atoms with Crippen molar-refractivity contribution in [3.63, 3.8) is 0 Å². The number of benzene rings is 1. The Morgan fingerprint density at radius 2 is 1.67 bits per heavy atom. The minimum atomic E-state index is -1.62. The maximum Gasteiger partial charge on any atom is 0.250 e. The molecule has 1 aromatic carbocycles. The predicted octanol–water partition coefficient (Wildman–Crippen LogP) is 4.62. The van der Waals surface area contributed by atoms with Crippen LogP contribution in [0.25, 0.3) is 10.9 Å². The van der Waals surface area contributed by atoms with Crippen LogP contribution in [0.4, 0.5) is 0 Å². The Kier molecular flexibility index (Phi) is 4.02. The predicted molar refractivity (Wildman–Crippen MR) is 79.6 cm³/mol. The van der Waals surface area contributed by atoms with Crippen molar-refractivity contribution >= 4 is 19.2 Å². The Morgan fingerprint density at radius 3 is 2.33 bits per heavy atom. The van der Waals surface area contributed by atoms with E-state index >= 15 is 0 Å². The van der Waals surface area contributed by atoms with Crippen LogP contribution in [0.5, 0.6) is 5.75 Å². The van der Waals surface area contributed by atoms with Crippen molar-refractivity contribution in [1.29, 1.82) is 0 Å². The lowest BCUT2D eigenvalue weighted by molar-refractivity contribution is 0.536. The van der Waals surface area contributed by atoms with Crippen LogP contribution < -0.4 is 4.43 Å². The van der Waals surface area contributed by atoms with E-state index < -0.39 is 8.32 Å². The highest BCUT2D eigenvalue weighted by Gasteiger charge is 2.31. The van der Waals surface area contributed by atoms with Gasteiger partial charge >= 0.3 is 0 Å². The van der Waals surface area contributed by atoms with Crippen LogP contribution in [0, 0.1) is 0 Å². The molecule has 3 heteroatoms. The smallest absolute Gasteiger partial charge is 0.250 e. The molecule has 0 spiro atoms. The topological polar surface area (TPSA) is 22.1 Å². The molecular weight excluding hydrogens is 238 g/mol. The normalized spacial score (nSPS) is 11.7. The summed E-state index contributed by atoms with van der Waals surface area (Å²) in [5.74, 6) is 0.963. The van der Waals surface area contributed by atoms with Crippen molar-refractivity contribution in [2.45, 2.75) is 38.9 Å². The summed E-state index contributed by atoms with van der Waals surface area (Å²) in [6.45, 7) is 6.74. The highest BCUT2D eigenvalue weighted by molar-refractivity contribution is 6.74. The van der Waals surface area contributed by atoms with E-state index in [1.807, 2.05) is 12.3 Å². The molecule has 2 aromatic rings. The van der Waals surface area contributed by atoms with E-state index in [-0.39, 0.29) is 0 Å². The second kappa shape index (κ2) is 5.53. The second-order valence-corrected chi connectivity index (χ2v) is 9.37. The van der Waals surface area contributed by atoms with Gasteiger partial charge in [0.2, 0.25) is 0 Å². The highest BCUT2D eigenvalue weighted by atomic mass is 28.4. The second-order valence-electron chi connectivity index (χ2n) is 4.68. The van der Waals surface area contributed by atoms with Crippen LogP contribution in [-0.2, 0) is 0 Å². The zero-order valence-electron chi connectivity index (χ0n) is 11.4. The molecule has 0 atom stereocenters. The molecule has 0 saturated carbocycles. The summed E-state index contributed by atoms with van der Waals surface area (Å²) in [4.78, 5) is 4.47. The average molecular weight is 259 g/mol. The summed E-state index contributed by atoms with van der Waals surface area (Å²) in [6.07, 6.45) is 1.84.